The first-order valence-electron chi connectivity index (χ1n) is 9.81. The molecular formula is C21H20F4N6O2. The van der Waals surface area contributed by atoms with E-state index < -0.39 is 30.3 Å². The highest BCUT2D eigenvalue weighted by Crippen LogP contribution is 2.31. The molecule has 0 spiro atoms. The van der Waals surface area contributed by atoms with E-state index >= 15 is 0 Å². The molecule has 0 saturated heterocycles. The molecule has 1 aromatic carbocycles. The van der Waals surface area contributed by atoms with Gasteiger partial charge in [0, 0.05) is 11.6 Å². The summed E-state index contributed by atoms with van der Waals surface area (Å²) < 4.78 is 52.4. The minimum atomic E-state index is -4.65. The first-order valence-corrected chi connectivity index (χ1v) is 9.81. The van der Waals surface area contributed by atoms with Gasteiger partial charge in [-0.15, -0.1) is 0 Å². The van der Waals surface area contributed by atoms with Crippen molar-refractivity contribution in [3.63, 3.8) is 0 Å². The molecule has 2 aromatic rings. The molecule has 2 amide bonds. The van der Waals surface area contributed by atoms with Gasteiger partial charge in [0.15, 0.2) is 5.84 Å². The van der Waals surface area contributed by atoms with Gasteiger partial charge in [-0.1, -0.05) is 6.07 Å². The molecule has 1 aliphatic carbocycles. The zero-order valence-electron chi connectivity index (χ0n) is 17.4. The molecule has 4 N–H and O–H groups in total. The smallest absolute Gasteiger partial charge is 0.326 e. The van der Waals surface area contributed by atoms with E-state index in [4.69, 9.17) is 10.8 Å². The Morgan fingerprint density at radius 3 is 2.55 bits per heavy atom. The summed E-state index contributed by atoms with van der Waals surface area (Å²) in [6.45, 7) is 0.0253. The molecule has 3 rings (SSSR count). The van der Waals surface area contributed by atoms with Crippen LogP contribution in [0.25, 0.3) is 0 Å². The summed E-state index contributed by atoms with van der Waals surface area (Å²) in [7, 11) is 0. The lowest BCUT2D eigenvalue weighted by Crippen LogP contribution is -2.38. The van der Waals surface area contributed by atoms with Gasteiger partial charge in [0.2, 0.25) is 5.91 Å². The number of nitrogens with zero attached hydrogens (tertiary/aromatic N) is 2. The summed E-state index contributed by atoms with van der Waals surface area (Å²) in [6, 6.07) is 6.20. The summed E-state index contributed by atoms with van der Waals surface area (Å²) in [4.78, 5) is 28.9. The van der Waals surface area contributed by atoms with E-state index in [1.54, 1.807) is 6.92 Å². The average molecular weight is 464 g/mol. The van der Waals surface area contributed by atoms with Crippen molar-refractivity contribution in [2.24, 2.45) is 5.92 Å². The molecule has 174 valence electrons. The Morgan fingerprint density at radius 2 is 1.94 bits per heavy atom. The lowest BCUT2D eigenvalue weighted by atomic mass is 10.1. The molecule has 1 aromatic heterocycles. The zero-order valence-corrected chi connectivity index (χ0v) is 17.4. The summed E-state index contributed by atoms with van der Waals surface area (Å²) >= 11 is 0. The summed E-state index contributed by atoms with van der Waals surface area (Å²) in [5.74, 6) is -2.87. The number of hydrogen-bond donors (Lipinski definition) is 4. The van der Waals surface area contributed by atoms with E-state index in [0.717, 1.165) is 18.9 Å². The highest BCUT2D eigenvalue weighted by atomic mass is 19.4. The van der Waals surface area contributed by atoms with Crippen molar-refractivity contribution in [1.29, 1.82) is 10.8 Å². The van der Waals surface area contributed by atoms with Crippen molar-refractivity contribution in [3.8, 4) is 0 Å². The molecule has 8 nitrogen and oxygen atoms in total. The zero-order chi connectivity index (χ0) is 24.3. The minimum Gasteiger partial charge on any atom is -0.326 e. The van der Waals surface area contributed by atoms with Crippen LogP contribution >= 0.6 is 0 Å². The molecule has 0 atom stereocenters. The van der Waals surface area contributed by atoms with Gasteiger partial charge >= 0.3 is 6.18 Å². The molecule has 12 heteroatoms. The van der Waals surface area contributed by atoms with Crippen LogP contribution in [0.15, 0.2) is 30.3 Å². The number of alkyl halides is 3. The molecular weight excluding hydrogens is 444 g/mol. The summed E-state index contributed by atoms with van der Waals surface area (Å²) in [5, 5.41) is 20.0. The Hall–Kier alpha value is -3.83. The van der Waals surface area contributed by atoms with Crippen molar-refractivity contribution < 1.29 is 27.2 Å². The molecule has 0 unspecified atom stereocenters. The van der Waals surface area contributed by atoms with E-state index in [-0.39, 0.29) is 34.6 Å². The molecule has 1 fully saturated rings. The van der Waals surface area contributed by atoms with Gasteiger partial charge < -0.3 is 15.5 Å². The predicted octanol–water partition coefficient (Wildman–Crippen LogP) is 3.93. The number of benzene rings is 1. The van der Waals surface area contributed by atoms with Crippen LogP contribution in [0.1, 0.15) is 34.5 Å². The van der Waals surface area contributed by atoms with E-state index in [9.17, 15) is 27.2 Å². The molecule has 1 heterocycles. The van der Waals surface area contributed by atoms with E-state index in [0.29, 0.717) is 16.8 Å². The number of pyridine rings is 1. The second-order valence-electron chi connectivity index (χ2n) is 7.49. The topological polar surface area (TPSA) is 122 Å². The Bertz CT molecular complexity index is 1110. The fraction of sp³-hybridized carbons (Fsp3) is 0.286. The first-order chi connectivity index (χ1) is 15.5. The maximum absolute atomic E-state index is 14.4. The van der Waals surface area contributed by atoms with Crippen molar-refractivity contribution in [2.45, 2.75) is 25.9 Å². The highest BCUT2D eigenvalue weighted by Gasteiger charge is 2.32. The second-order valence-corrected chi connectivity index (χ2v) is 7.49. The maximum Gasteiger partial charge on any atom is 0.406 e. The van der Waals surface area contributed by atoms with Gasteiger partial charge in [0.25, 0.3) is 5.91 Å². The fourth-order valence-electron chi connectivity index (χ4n) is 2.91. The minimum absolute atomic E-state index is 0.0909. The number of carbonyl (C=O) groups excluding carboxylic acids is 2. The van der Waals surface area contributed by atoms with Crippen LogP contribution in [0, 0.1) is 29.5 Å². The SMILES string of the molecule is Cc1cc(F)c(C(=O)Nc2cccc(C(=N)N(C=N)CC(F)(F)F)n2)cc1NC(=O)C1CC1. The van der Waals surface area contributed by atoms with Crippen LogP contribution in [0.2, 0.25) is 0 Å². The molecule has 33 heavy (non-hydrogen) atoms. The Balaban J connectivity index is 1.78. The summed E-state index contributed by atoms with van der Waals surface area (Å²) in [6.07, 6.45) is -2.75. The Labute approximate surface area is 186 Å². The standard InChI is InChI=1S/C21H20F4N6O2/c1-11-7-14(22)13(8-16(11)29-19(32)12-5-6-12)20(33)30-17-4-2-3-15(28-17)18(27)31(10-26)9-21(23,24)25/h2-4,7-8,10,12,26-27H,5-6,9H2,1H3,(H,29,32)(H,28,30,33). The number of rotatable bonds is 7. The first kappa shape index (κ1) is 23.8. The molecule has 0 radical (unpaired) electrons. The number of anilines is 2. The predicted molar refractivity (Wildman–Crippen MR) is 113 cm³/mol. The van der Waals surface area contributed by atoms with Gasteiger partial charge in [0.05, 0.1) is 11.9 Å². The van der Waals surface area contributed by atoms with Gasteiger partial charge in [-0.3, -0.25) is 20.4 Å². The van der Waals surface area contributed by atoms with Gasteiger partial charge in [0.1, 0.15) is 23.9 Å². The quantitative estimate of drug-likeness (QED) is 0.282. The van der Waals surface area contributed by atoms with Crippen LogP contribution < -0.4 is 10.6 Å². The number of aryl methyl sites for hydroxylation is 1. The fourth-order valence-corrected chi connectivity index (χ4v) is 2.91. The van der Waals surface area contributed by atoms with Crippen LogP contribution in [0.5, 0.6) is 0 Å². The van der Waals surface area contributed by atoms with Crippen LogP contribution in [0.4, 0.5) is 29.1 Å². The number of aromatic nitrogens is 1. The third-order valence-electron chi connectivity index (χ3n) is 4.79. The number of carbonyl (C=O) groups is 2. The number of nitrogens with one attached hydrogen (secondary N) is 4. The second kappa shape index (κ2) is 9.35. The molecule has 0 bridgehead atoms. The monoisotopic (exact) mass is 464 g/mol. The van der Waals surface area contributed by atoms with Gasteiger partial charge in [-0.2, -0.15) is 13.2 Å². The van der Waals surface area contributed by atoms with E-state index in [1.807, 2.05) is 0 Å². The highest BCUT2D eigenvalue weighted by molar-refractivity contribution is 6.06. The van der Waals surface area contributed by atoms with Crippen molar-refractivity contribution in [1.82, 2.24) is 9.88 Å². The number of amidine groups is 1. The van der Waals surface area contributed by atoms with Crippen molar-refractivity contribution in [2.75, 3.05) is 17.2 Å². The van der Waals surface area contributed by atoms with Crippen molar-refractivity contribution in [3.05, 3.63) is 53.0 Å². The summed E-state index contributed by atoms with van der Waals surface area (Å²) in [5.41, 5.74) is 0.119. The van der Waals surface area contributed by atoms with Crippen LogP contribution in [0.3, 0.4) is 0 Å². The van der Waals surface area contributed by atoms with Gasteiger partial charge in [-0.25, -0.2) is 9.37 Å². The third kappa shape index (κ3) is 6.11. The van der Waals surface area contributed by atoms with E-state index in [1.165, 1.54) is 24.3 Å². The molecule has 0 aliphatic heterocycles. The number of hydrogen-bond acceptors (Lipinski definition) is 5. The third-order valence-corrected chi connectivity index (χ3v) is 4.79. The molecule has 1 aliphatic rings. The normalized spacial score (nSPS) is 13.2. The van der Waals surface area contributed by atoms with Gasteiger partial charge in [-0.05, 0) is 49.6 Å². The Kier molecular flexibility index (Phi) is 6.75. The van der Waals surface area contributed by atoms with Crippen LogP contribution in [-0.4, -0.2) is 46.6 Å². The Morgan fingerprint density at radius 1 is 1.24 bits per heavy atom. The van der Waals surface area contributed by atoms with Crippen LogP contribution in [-0.2, 0) is 4.79 Å². The number of amides is 2. The average Bonchev–Trinajstić information content (AvgIpc) is 3.58. The lowest BCUT2D eigenvalue weighted by Gasteiger charge is -2.21. The molecule has 1 saturated carbocycles. The maximum atomic E-state index is 14.4. The van der Waals surface area contributed by atoms with E-state index in [2.05, 4.69) is 15.6 Å². The van der Waals surface area contributed by atoms with Crippen molar-refractivity contribution >= 4 is 35.5 Å². The largest absolute Gasteiger partial charge is 0.406 e. The lowest BCUT2D eigenvalue weighted by molar-refractivity contribution is -0.131. The number of halogens is 4.